The summed E-state index contributed by atoms with van der Waals surface area (Å²) in [5, 5.41) is 9.05. The summed E-state index contributed by atoms with van der Waals surface area (Å²) >= 11 is 0. The van der Waals surface area contributed by atoms with Crippen molar-refractivity contribution >= 4 is 0 Å². The van der Waals surface area contributed by atoms with Crippen LogP contribution in [0.2, 0.25) is 0 Å². The molecule has 1 aliphatic heterocycles. The molecule has 0 aliphatic carbocycles. The first-order valence-electron chi connectivity index (χ1n) is 6.34. The van der Waals surface area contributed by atoms with Gasteiger partial charge < -0.3 is 4.90 Å². The summed E-state index contributed by atoms with van der Waals surface area (Å²) in [5.74, 6) is 0.669. The molecule has 1 fully saturated rings. The van der Waals surface area contributed by atoms with Gasteiger partial charge in [-0.3, -0.25) is 4.90 Å². The molecule has 2 heterocycles. The molecule has 2 atom stereocenters. The number of aromatic nitrogens is 1. The van der Waals surface area contributed by atoms with Crippen LogP contribution in [0, 0.1) is 17.2 Å². The molecule has 1 aromatic rings. The van der Waals surface area contributed by atoms with E-state index in [0.717, 1.165) is 25.2 Å². The van der Waals surface area contributed by atoms with Gasteiger partial charge in [0, 0.05) is 37.4 Å². The largest absolute Gasteiger partial charge is 0.305 e. The maximum atomic E-state index is 9.05. The van der Waals surface area contributed by atoms with Gasteiger partial charge in [-0.05, 0) is 26.1 Å². The van der Waals surface area contributed by atoms with E-state index >= 15 is 0 Å². The van der Waals surface area contributed by atoms with Crippen LogP contribution in [0.5, 0.6) is 0 Å². The van der Waals surface area contributed by atoms with Crippen LogP contribution in [0.3, 0.4) is 0 Å². The summed E-state index contributed by atoms with van der Waals surface area (Å²) < 4.78 is 0. The highest BCUT2D eigenvalue weighted by Gasteiger charge is 2.31. The van der Waals surface area contributed by atoms with E-state index in [4.69, 9.17) is 5.26 Å². The molecule has 1 aromatic heterocycles. The summed E-state index contributed by atoms with van der Waals surface area (Å²) in [5.41, 5.74) is 1.59. The van der Waals surface area contributed by atoms with E-state index < -0.39 is 0 Å². The Hall–Kier alpha value is -1.44. The highest BCUT2D eigenvalue weighted by Crippen LogP contribution is 2.22. The third-order valence-electron chi connectivity index (χ3n) is 3.70. The molecule has 4 heteroatoms. The Morgan fingerprint density at radius 2 is 2.28 bits per heavy atom. The second kappa shape index (κ2) is 5.47. The fraction of sp³-hybridized carbons (Fsp3) is 0.571. The Morgan fingerprint density at radius 1 is 1.50 bits per heavy atom. The number of pyridine rings is 1. The van der Waals surface area contributed by atoms with Crippen LogP contribution in [0.15, 0.2) is 18.3 Å². The predicted molar refractivity (Wildman–Crippen MR) is 70.9 cm³/mol. The van der Waals surface area contributed by atoms with E-state index in [9.17, 15) is 0 Å². The number of nitriles is 1. The molecule has 0 aromatic carbocycles. The SMILES string of the molecule is CC1CN(Cc2cccnc2C#N)CC1N(C)C. The molecule has 0 amide bonds. The van der Waals surface area contributed by atoms with E-state index in [1.165, 1.54) is 0 Å². The van der Waals surface area contributed by atoms with Crippen LogP contribution in [-0.4, -0.2) is 48.0 Å². The molecular weight excluding hydrogens is 224 g/mol. The monoisotopic (exact) mass is 244 g/mol. The molecule has 2 rings (SSSR count). The van der Waals surface area contributed by atoms with Crippen molar-refractivity contribution in [2.75, 3.05) is 27.2 Å². The lowest BCUT2D eigenvalue weighted by Gasteiger charge is -2.22. The van der Waals surface area contributed by atoms with Gasteiger partial charge in [-0.2, -0.15) is 5.26 Å². The lowest BCUT2D eigenvalue weighted by molar-refractivity contribution is 0.250. The normalized spacial score (nSPS) is 24.4. The molecular formula is C14H20N4. The van der Waals surface area contributed by atoms with Gasteiger partial charge >= 0.3 is 0 Å². The van der Waals surface area contributed by atoms with Crippen LogP contribution < -0.4 is 0 Å². The maximum Gasteiger partial charge on any atom is 0.144 e. The van der Waals surface area contributed by atoms with Crippen molar-refractivity contribution in [1.29, 1.82) is 5.26 Å². The second-order valence-corrected chi connectivity index (χ2v) is 5.33. The summed E-state index contributed by atoms with van der Waals surface area (Å²) in [7, 11) is 4.27. The van der Waals surface area contributed by atoms with Gasteiger partial charge in [0.1, 0.15) is 11.8 Å². The first kappa shape index (κ1) is 13.0. The Labute approximate surface area is 109 Å². The standard InChI is InChI=1S/C14H20N4/c1-11-8-18(10-14(11)17(2)3)9-12-5-4-6-16-13(12)7-15/h4-6,11,14H,8-10H2,1-3H3. The van der Waals surface area contributed by atoms with Crippen LogP contribution in [0.1, 0.15) is 18.2 Å². The number of hydrogen-bond donors (Lipinski definition) is 0. The first-order valence-corrected chi connectivity index (χ1v) is 6.34. The zero-order chi connectivity index (χ0) is 13.1. The van der Waals surface area contributed by atoms with Gasteiger partial charge in [-0.25, -0.2) is 4.98 Å². The van der Waals surface area contributed by atoms with Crippen LogP contribution >= 0.6 is 0 Å². The average Bonchev–Trinajstić information content (AvgIpc) is 2.71. The van der Waals surface area contributed by atoms with E-state index in [-0.39, 0.29) is 0 Å². The van der Waals surface area contributed by atoms with Crippen molar-refractivity contribution < 1.29 is 0 Å². The lowest BCUT2D eigenvalue weighted by atomic mass is 10.1. The van der Waals surface area contributed by atoms with Crippen LogP contribution in [0.4, 0.5) is 0 Å². The quantitative estimate of drug-likeness (QED) is 0.804. The molecule has 1 saturated heterocycles. The minimum atomic E-state index is 0.554. The number of nitrogens with zero attached hydrogens (tertiary/aromatic N) is 4. The number of hydrogen-bond acceptors (Lipinski definition) is 4. The molecule has 96 valence electrons. The Morgan fingerprint density at radius 3 is 2.89 bits per heavy atom. The van der Waals surface area contributed by atoms with Gasteiger partial charge in [0.2, 0.25) is 0 Å². The van der Waals surface area contributed by atoms with Crippen molar-refractivity contribution in [2.45, 2.75) is 19.5 Å². The Balaban J connectivity index is 2.06. The van der Waals surface area contributed by atoms with Crippen LogP contribution in [-0.2, 0) is 6.54 Å². The fourth-order valence-electron chi connectivity index (χ4n) is 2.76. The first-order chi connectivity index (χ1) is 8.61. The number of likely N-dealkylation sites (N-methyl/N-ethyl adjacent to an activating group) is 1. The molecule has 4 nitrogen and oxygen atoms in total. The molecule has 0 saturated carbocycles. The summed E-state index contributed by atoms with van der Waals surface area (Å²) in [4.78, 5) is 8.81. The molecule has 0 N–H and O–H groups in total. The third kappa shape index (κ3) is 2.69. The fourth-order valence-corrected chi connectivity index (χ4v) is 2.76. The van der Waals surface area contributed by atoms with Gasteiger partial charge in [0.25, 0.3) is 0 Å². The predicted octanol–water partition coefficient (Wildman–Crippen LogP) is 1.34. The van der Waals surface area contributed by atoms with Gasteiger partial charge in [-0.1, -0.05) is 13.0 Å². The molecule has 2 unspecified atom stereocenters. The molecule has 18 heavy (non-hydrogen) atoms. The highest BCUT2D eigenvalue weighted by atomic mass is 15.2. The lowest BCUT2D eigenvalue weighted by Crippen LogP contribution is -2.34. The van der Waals surface area contributed by atoms with E-state index in [1.54, 1.807) is 6.20 Å². The zero-order valence-corrected chi connectivity index (χ0v) is 11.3. The number of rotatable bonds is 3. The summed E-state index contributed by atoms with van der Waals surface area (Å²) in [6.45, 7) is 5.26. The van der Waals surface area contributed by atoms with E-state index in [2.05, 4.69) is 41.9 Å². The van der Waals surface area contributed by atoms with Gasteiger partial charge in [-0.15, -0.1) is 0 Å². The molecule has 0 bridgehead atoms. The summed E-state index contributed by atoms with van der Waals surface area (Å²) in [6.07, 6.45) is 1.68. The smallest absolute Gasteiger partial charge is 0.144 e. The minimum absolute atomic E-state index is 0.554. The molecule has 0 radical (unpaired) electrons. The Kier molecular flexibility index (Phi) is 3.95. The van der Waals surface area contributed by atoms with Crippen molar-refractivity contribution in [3.05, 3.63) is 29.6 Å². The van der Waals surface area contributed by atoms with Crippen molar-refractivity contribution in [3.63, 3.8) is 0 Å². The van der Waals surface area contributed by atoms with Crippen LogP contribution in [0.25, 0.3) is 0 Å². The zero-order valence-electron chi connectivity index (χ0n) is 11.3. The van der Waals surface area contributed by atoms with Gasteiger partial charge in [0.05, 0.1) is 0 Å². The minimum Gasteiger partial charge on any atom is -0.305 e. The maximum absolute atomic E-state index is 9.05. The number of likely N-dealkylation sites (tertiary alicyclic amines) is 1. The van der Waals surface area contributed by atoms with Crippen molar-refractivity contribution in [1.82, 2.24) is 14.8 Å². The van der Waals surface area contributed by atoms with Gasteiger partial charge in [0.15, 0.2) is 0 Å². The average molecular weight is 244 g/mol. The summed E-state index contributed by atoms with van der Waals surface area (Å²) in [6, 6.07) is 6.67. The van der Waals surface area contributed by atoms with E-state index in [1.807, 2.05) is 12.1 Å². The van der Waals surface area contributed by atoms with Crippen molar-refractivity contribution in [3.8, 4) is 6.07 Å². The second-order valence-electron chi connectivity index (χ2n) is 5.33. The molecule has 1 aliphatic rings. The topological polar surface area (TPSA) is 43.2 Å². The molecule has 0 spiro atoms. The van der Waals surface area contributed by atoms with E-state index in [0.29, 0.717) is 17.7 Å². The Bertz CT molecular complexity index is 449. The van der Waals surface area contributed by atoms with Crippen molar-refractivity contribution in [2.24, 2.45) is 5.92 Å². The third-order valence-corrected chi connectivity index (χ3v) is 3.70. The highest BCUT2D eigenvalue weighted by molar-refractivity contribution is 5.30.